The van der Waals surface area contributed by atoms with Crippen LogP contribution in [0.4, 0.5) is 5.69 Å². The highest BCUT2D eigenvalue weighted by Crippen LogP contribution is 2.41. The number of pyridine rings is 1. The van der Waals surface area contributed by atoms with Crippen molar-refractivity contribution in [3.05, 3.63) is 105 Å². The van der Waals surface area contributed by atoms with Crippen molar-refractivity contribution in [2.75, 3.05) is 0 Å². The number of aliphatic hydroxyl groups excluding tert-OH is 1. The minimum Gasteiger partial charge on any atom is -0.507 e. The molecule has 1 N–H and O–H groups in total. The summed E-state index contributed by atoms with van der Waals surface area (Å²) in [6.45, 7) is 3.80. The summed E-state index contributed by atoms with van der Waals surface area (Å²) in [5, 5.41) is 22.6. The smallest absolute Gasteiger partial charge is 0.295 e. The monoisotopic (exact) mass is 473 g/mol. The number of non-ortho nitro benzene ring substituents is 1. The lowest BCUT2D eigenvalue weighted by Gasteiger charge is -2.25. The second-order valence-corrected chi connectivity index (χ2v) is 8.33. The van der Waals surface area contributed by atoms with E-state index in [0.717, 1.165) is 0 Å². The molecule has 35 heavy (non-hydrogen) atoms. The summed E-state index contributed by atoms with van der Waals surface area (Å²) < 4.78 is 5.63. The molecule has 0 unspecified atom stereocenters. The lowest BCUT2D eigenvalue weighted by molar-refractivity contribution is -0.384. The van der Waals surface area contributed by atoms with Crippen LogP contribution in [0.3, 0.4) is 0 Å². The van der Waals surface area contributed by atoms with E-state index in [1.807, 2.05) is 13.8 Å². The van der Waals surface area contributed by atoms with E-state index in [1.165, 1.54) is 23.1 Å². The van der Waals surface area contributed by atoms with Gasteiger partial charge in [-0.3, -0.25) is 24.7 Å². The molecule has 1 atom stereocenters. The summed E-state index contributed by atoms with van der Waals surface area (Å²) in [5.74, 6) is -1.47. The van der Waals surface area contributed by atoms with Gasteiger partial charge in [0.1, 0.15) is 11.5 Å². The molecule has 1 saturated heterocycles. The average molecular weight is 473 g/mol. The Morgan fingerprint density at radius 1 is 1.14 bits per heavy atom. The first-order valence-corrected chi connectivity index (χ1v) is 10.9. The third kappa shape index (κ3) is 4.89. The number of nitro benzene ring substituents is 1. The van der Waals surface area contributed by atoms with E-state index in [-0.39, 0.29) is 29.7 Å². The van der Waals surface area contributed by atoms with E-state index in [9.17, 15) is 24.8 Å². The van der Waals surface area contributed by atoms with Gasteiger partial charge in [-0.1, -0.05) is 18.2 Å². The molecule has 1 amide bonds. The average Bonchev–Trinajstić information content (AvgIpc) is 3.09. The van der Waals surface area contributed by atoms with Crippen LogP contribution in [0.25, 0.3) is 5.76 Å². The van der Waals surface area contributed by atoms with E-state index in [4.69, 9.17) is 4.74 Å². The van der Waals surface area contributed by atoms with Crippen LogP contribution in [0, 0.1) is 10.1 Å². The zero-order valence-electron chi connectivity index (χ0n) is 19.1. The maximum Gasteiger partial charge on any atom is 0.295 e. The van der Waals surface area contributed by atoms with Gasteiger partial charge in [0.05, 0.1) is 22.6 Å². The fourth-order valence-electron chi connectivity index (χ4n) is 4.01. The zero-order valence-corrected chi connectivity index (χ0v) is 19.1. The van der Waals surface area contributed by atoms with Crippen LogP contribution in [0.5, 0.6) is 5.75 Å². The van der Waals surface area contributed by atoms with Gasteiger partial charge in [0.2, 0.25) is 0 Å². The molecule has 1 fully saturated rings. The van der Waals surface area contributed by atoms with E-state index >= 15 is 0 Å². The van der Waals surface area contributed by atoms with Crippen molar-refractivity contribution in [3.63, 3.8) is 0 Å². The molecule has 2 aromatic carbocycles. The predicted octanol–water partition coefficient (Wildman–Crippen LogP) is 4.40. The first kappa shape index (κ1) is 23.6. The number of rotatable bonds is 7. The van der Waals surface area contributed by atoms with Crippen LogP contribution in [-0.2, 0) is 16.1 Å². The fraction of sp³-hybridized carbons (Fsp3) is 0.192. The molecule has 9 heteroatoms. The molecule has 0 bridgehead atoms. The van der Waals surface area contributed by atoms with Crippen LogP contribution in [-0.4, -0.2) is 37.7 Å². The van der Waals surface area contributed by atoms with Gasteiger partial charge in [-0.05, 0) is 55.3 Å². The summed E-state index contributed by atoms with van der Waals surface area (Å²) in [7, 11) is 0. The molecular weight excluding hydrogens is 450 g/mol. The summed E-state index contributed by atoms with van der Waals surface area (Å²) in [6, 6.07) is 14.6. The SMILES string of the molecule is CC(C)Oc1ccc(/C(O)=C2\C(=O)C(=O)N(Cc3cccnc3)[C@@H]2c2cccc([N+](=O)[O-])c2)cc1. The Kier molecular flexibility index (Phi) is 6.59. The third-order valence-corrected chi connectivity index (χ3v) is 5.51. The number of ketones is 1. The van der Waals surface area contributed by atoms with Crippen molar-refractivity contribution in [3.8, 4) is 5.75 Å². The second kappa shape index (κ2) is 9.76. The highest BCUT2D eigenvalue weighted by atomic mass is 16.6. The van der Waals surface area contributed by atoms with E-state index in [1.54, 1.807) is 54.9 Å². The zero-order chi connectivity index (χ0) is 25.1. The van der Waals surface area contributed by atoms with E-state index in [0.29, 0.717) is 22.4 Å². The van der Waals surface area contributed by atoms with Crippen molar-refractivity contribution in [2.24, 2.45) is 0 Å². The van der Waals surface area contributed by atoms with Crippen molar-refractivity contribution in [1.82, 2.24) is 9.88 Å². The Labute approximate surface area is 201 Å². The number of benzene rings is 2. The van der Waals surface area contributed by atoms with Crippen LogP contribution in [0.1, 0.15) is 36.6 Å². The number of nitro groups is 1. The highest BCUT2D eigenvalue weighted by molar-refractivity contribution is 6.46. The predicted molar refractivity (Wildman–Crippen MR) is 127 cm³/mol. The minimum absolute atomic E-state index is 0.0315. The Balaban J connectivity index is 1.83. The van der Waals surface area contributed by atoms with Gasteiger partial charge in [-0.15, -0.1) is 0 Å². The van der Waals surface area contributed by atoms with Crippen LogP contribution in [0.15, 0.2) is 78.6 Å². The summed E-state index contributed by atoms with van der Waals surface area (Å²) in [5.41, 5.74) is 0.987. The van der Waals surface area contributed by atoms with Gasteiger partial charge in [-0.2, -0.15) is 0 Å². The number of aromatic nitrogens is 1. The molecule has 9 nitrogen and oxygen atoms in total. The molecule has 1 aliphatic heterocycles. The second-order valence-electron chi connectivity index (χ2n) is 8.33. The third-order valence-electron chi connectivity index (χ3n) is 5.51. The van der Waals surface area contributed by atoms with Gasteiger partial charge in [0, 0.05) is 36.6 Å². The largest absolute Gasteiger partial charge is 0.507 e. The van der Waals surface area contributed by atoms with Crippen molar-refractivity contribution in [1.29, 1.82) is 0 Å². The molecule has 2 heterocycles. The quantitative estimate of drug-likeness (QED) is 0.177. The molecule has 0 radical (unpaired) electrons. The van der Waals surface area contributed by atoms with Crippen molar-refractivity contribution >= 4 is 23.1 Å². The maximum absolute atomic E-state index is 13.2. The number of nitrogens with zero attached hydrogens (tertiary/aromatic N) is 3. The van der Waals surface area contributed by atoms with E-state index < -0.39 is 22.7 Å². The van der Waals surface area contributed by atoms with Gasteiger partial charge >= 0.3 is 0 Å². The van der Waals surface area contributed by atoms with Gasteiger partial charge in [0.15, 0.2) is 0 Å². The standard InChI is InChI=1S/C26H23N3O6/c1-16(2)35-21-10-8-18(9-11-21)24(30)22-23(19-6-3-7-20(13-19)29(33)34)28(26(32)25(22)31)15-17-5-4-12-27-14-17/h3-14,16,23,30H,15H2,1-2H3/b24-22+/t23-/m1/s1. The number of carbonyl (C=O) groups is 2. The minimum atomic E-state index is -1.03. The summed E-state index contributed by atoms with van der Waals surface area (Å²) in [4.78, 5) is 42.4. The molecule has 4 rings (SSSR count). The number of hydrogen-bond donors (Lipinski definition) is 1. The Morgan fingerprint density at radius 3 is 2.51 bits per heavy atom. The number of carbonyl (C=O) groups excluding carboxylic acids is 2. The van der Waals surface area contributed by atoms with Crippen molar-refractivity contribution in [2.45, 2.75) is 32.5 Å². The molecular formula is C26H23N3O6. The molecule has 1 aliphatic rings. The van der Waals surface area contributed by atoms with Gasteiger partial charge in [-0.25, -0.2) is 0 Å². The number of amides is 1. The molecule has 178 valence electrons. The molecule has 0 spiro atoms. The molecule has 3 aromatic rings. The number of hydrogen-bond acceptors (Lipinski definition) is 7. The Bertz CT molecular complexity index is 1300. The fourth-order valence-corrected chi connectivity index (χ4v) is 4.01. The molecule has 1 aromatic heterocycles. The highest BCUT2D eigenvalue weighted by Gasteiger charge is 2.46. The molecule has 0 saturated carbocycles. The normalized spacial score (nSPS) is 17.1. The van der Waals surface area contributed by atoms with Crippen molar-refractivity contribution < 1.29 is 24.4 Å². The number of Topliss-reactive ketones (excluding diaryl/α,β-unsaturated/α-hetero) is 1. The summed E-state index contributed by atoms with van der Waals surface area (Å²) in [6.07, 6.45) is 3.11. The first-order chi connectivity index (χ1) is 16.8. The van der Waals surface area contributed by atoms with Crippen LogP contribution in [0.2, 0.25) is 0 Å². The number of likely N-dealkylation sites (tertiary alicyclic amines) is 1. The number of ether oxygens (including phenoxy) is 1. The molecule has 0 aliphatic carbocycles. The van der Waals surface area contributed by atoms with Gasteiger partial charge in [0.25, 0.3) is 17.4 Å². The summed E-state index contributed by atoms with van der Waals surface area (Å²) >= 11 is 0. The maximum atomic E-state index is 13.2. The van der Waals surface area contributed by atoms with Gasteiger partial charge < -0.3 is 14.7 Å². The number of aliphatic hydroxyl groups is 1. The Morgan fingerprint density at radius 2 is 1.89 bits per heavy atom. The van der Waals surface area contributed by atoms with Crippen LogP contribution < -0.4 is 4.74 Å². The lowest BCUT2D eigenvalue weighted by atomic mass is 9.95. The topological polar surface area (TPSA) is 123 Å². The van der Waals surface area contributed by atoms with E-state index in [2.05, 4.69) is 4.98 Å². The van der Waals surface area contributed by atoms with Crippen LogP contribution >= 0.6 is 0 Å². The Hall–Kier alpha value is -4.53. The first-order valence-electron chi connectivity index (χ1n) is 10.9. The lowest BCUT2D eigenvalue weighted by Crippen LogP contribution is -2.29.